The van der Waals surface area contributed by atoms with Crippen LogP contribution >= 0.6 is 27.7 Å². The summed E-state index contributed by atoms with van der Waals surface area (Å²) in [6, 6.07) is 1.78. The lowest BCUT2D eigenvalue weighted by Gasteiger charge is -2.23. The largest absolute Gasteiger partial charge is 0.397 e. The van der Waals surface area contributed by atoms with Crippen LogP contribution in [0, 0.1) is 0 Å². The van der Waals surface area contributed by atoms with Crippen LogP contribution < -0.4 is 11.1 Å². The number of nitrogens with zero attached hydrogens (tertiary/aromatic N) is 1. The zero-order valence-electron chi connectivity index (χ0n) is 9.33. The predicted molar refractivity (Wildman–Crippen MR) is 73.8 cm³/mol. The summed E-state index contributed by atoms with van der Waals surface area (Å²) in [6.45, 7) is 2.24. The average Bonchev–Trinajstić information content (AvgIpc) is 2.16. The van der Waals surface area contributed by atoms with Crippen LogP contribution in [0.2, 0.25) is 0 Å². The minimum absolute atomic E-state index is 0.448. The molecule has 16 heavy (non-hydrogen) atoms. The maximum Gasteiger partial charge on any atom is 0.140 e. The highest BCUT2D eigenvalue weighted by Crippen LogP contribution is 2.22. The molecule has 0 bridgehead atoms. The number of anilines is 2. The maximum atomic E-state index is 9.97. The van der Waals surface area contributed by atoms with Gasteiger partial charge in [0.2, 0.25) is 0 Å². The van der Waals surface area contributed by atoms with Crippen molar-refractivity contribution in [2.75, 3.05) is 29.6 Å². The van der Waals surface area contributed by atoms with Crippen molar-refractivity contribution in [3.63, 3.8) is 0 Å². The van der Waals surface area contributed by atoms with Crippen molar-refractivity contribution in [1.82, 2.24) is 4.98 Å². The van der Waals surface area contributed by atoms with E-state index in [4.69, 9.17) is 5.73 Å². The second-order valence-electron chi connectivity index (χ2n) is 3.88. The first-order valence-electron chi connectivity index (χ1n) is 4.81. The molecule has 1 rings (SSSR count). The van der Waals surface area contributed by atoms with Crippen molar-refractivity contribution in [2.45, 2.75) is 12.5 Å². The highest BCUT2D eigenvalue weighted by molar-refractivity contribution is 9.10. The number of thioether (sulfide) groups is 1. The van der Waals surface area contributed by atoms with Gasteiger partial charge in [0.15, 0.2) is 0 Å². The van der Waals surface area contributed by atoms with Gasteiger partial charge >= 0.3 is 0 Å². The van der Waals surface area contributed by atoms with Gasteiger partial charge in [-0.1, -0.05) is 0 Å². The van der Waals surface area contributed by atoms with Gasteiger partial charge in [-0.05, 0) is 35.2 Å². The number of nitrogens with one attached hydrogen (secondary N) is 1. The zero-order chi connectivity index (χ0) is 12.2. The van der Waals surface area contributed by atoms with Crippen LogP contribution in [0.3, 0.4) is 0 Å². The molecule has 1 aromatic heterocycles. The molecule has 0 saturated carbocycles. The molecule has 0 saturated heterocycles. The first kappa shape index (κ1) is 13.6. The summed E-state index contributed by atoms with van der Waals surface area (Å²) < 4.78 is 0.799. The van der Waals surface area contributed by atoms with E-state index in [9.17, 15) is 5.11 Å². The molecule has 0 aliphatic carbocycles. The van der Waals surface area contributed by atoms with E-state index in [1.165, 1.54) is 0 Å². The second-order valence-corrected chi connectivity index (χ2v) is 5.60. The molecule has 0 amide bonds. The topological polar surface area (TPSA) is 71.2 Å². The highest BCUT2D eigenvalue weighted by atomic mass is 79.9. The Balaban J connectivity index is 2.61. The first-order valence-corrected chi connectivity index (χ1v) is 6.99. The van der Waals surface area contributed by atoms with Crippen molar-refractivity contribution in [1.29, 1.82) is 0 Å². The first-order chi connectivity index (χ1) is 7.44. The molecule has 4 N–H and O–H groups in total. The monoisotopic (exact) mass is 305 g/mol. The maximum absolute atomic E-state index is 9.97. The standard InChI is InChI=1S/C10H16BrN3OS/c1-10(15,6-16-2)5-14-9-8(11)3-7(12)4-13-9/h3-4,15H,5-6,12H2,1-2H3,(H,13,14). The third-order valence-corrected chi connectivity index (χ3v) is 3.47. The molecule has 1 unspecified atom stereocenters. The molecule has 1 heterocycles. The summed E-state index contributed by atoms with van der Waals surface area (Å²) in [4.78, 5) is 4.14. The third-order valence-electron chi connectivity index (χ3n) is 1.95. The van der Waals surface area contributed by atoms with Crippen LogP contribution in [0.4, 0.5) is 11.5 Å². The Morgan fingerprint density at radius 1 is 1.69 bits per heavy atom. The molecule has 0 aromatic carbocycles. The van der Waals surface area contributed by atoms with Gasteiger partial charge in [0.1, 0.15) is 5.82 Å². The summed E-state index contributed by atoms with van der Waals surface area (Å²) >= 11 is 4.97. The van der Waals surface area contributed by atoms with Crippen molar-refractivity contribution < 1.29 is 5.11 Å². The van der Waals surface area contributed by atoms with E-state index in [1.807, 2.05) is 6.26 Å². The van der Waals surface area contributed by atoms with Gasteiger partial charge in [-0.15, -0.1) is 0 Å². The minimum atomic E-state index is -0.748. The van der Waals surface area contributed by atoms with Gasteiger partial charge in [0, 0.05) is 12.3 Å². The average molecular weight is 306 g/mol. The van der Waals surface area contributed by atoms with Crippen molar-refractivity contribution in [2.24, 2.45) is 0 Å². The zero-order valence-corrected chi connectivity index (χ0v) is 11.7. The van der Waals surface area contributed by atoms with Gasteiger partial charge in [0.05, 0.1) is 22.0 Å². The van der Waals surface area contributed by atoms with Gasteiger partial charge in [-0.3, -0.25) is 0 Å². The summed E-state index contributed by atoms with van der Waals surface area (Å²) in [6.07, 6.45) is 3.54. The summed E-state index contributed by atoms with van der Waals surface area (Å²) in [7, 11) is 0. The Hall–Kier alpha value is -0.460. The number of halogens is 1. The fourth-order valence-electron chi connectivity index (χ4n) is 1.22. The van der Waals surface area contributed by atoms with Gasteiger partial charge < -0.3 is 16.2 Å². The third kappa shape index (κ3) is 4.19. The van der Waals surface area contributed by atoms with E-state index in [-0.39, 0.29) is 0 Å². The number of hydrogen-bond donors (Lipinski definition) is 3. The number of pyridine rings is 1. The van der Waals surface area contributed by atoms with E-state index in [0.717, 1.165) is 4.47 Å². The summed E-state index contributed by atoms with van der Waals surface area (Å²) in [5.74, 6) is 1.36. The van der Waals surface area contributed by atoms with Crippen LogP contribution in [0.5, 0.6) is 0 Å². The van der Waals surface area contributed by atoms with E-state index in [0.29, 0.717) is 23.8 Å². The van der Waals surface area contributed by atoms with Gasteiger partial charge in [0.25, 0.3) is 0 Å². The van der Waals surface area contributed by atoms with E-state index in [2.05, 4.69) is 26.2 Å². The van der Waals surface area contributed by atoms with Crippen molar-refractivity contribution in [3.8, 4) is 0 Å². The molecule has 0 aliphatic rings. The summed E-state index contributed by atoms with van der Waals surface area (Å²) in [5, 5.41) is 13.1. The van der Waals surface area contributed by atoms with Crippen molar-refractivity contribution >= 4 is 39.2 Å². The lowest BCUT2D eigenvalue weighted by molar-refractivity contribution is 0.0996. The molecule has 90 valence electrons. The van der Waals surface area contributed by atoms with E-state index < -0.39 is 5.60 Å². The van der Waals surface area contributed by atoms with E-state index >= 15 is 0 Å². The second kappa shape index (κ2) is 5.75. The lowest BCUT2D eigenvalue weighted by Crippen LogP contribution is -2.36. The Morgan fingerprint density at radius 3 is 2.94 bits per heavy atom. The molecule has 0 radical (unpaired) electrons. The fourth-order valence-corrected chi connectivity index (χ4v) is 2.45. The molecule has 0 aliphatic heterocycles. The Labute approximate surface area is 108 Å². The van der Waals surface area contributed by atoms with Gasteiger partial charge in [-0.25, -0.2) is 4.98 Å². The normalized spacial score (nSPS) is 14.5. The number of aliphatic hydroxyl groups is 1. The molecule has 4 nitrogen and oxygen atoms in total. The molecular weight excluding hydrogens is 290 g/mol. The van der Waals surface area contributed by atoms with Crippen LogP contribution in [-0.2, 0) is 0 Å². The molecule has 0 spiro atoms. The molecular formula is C10H16BrN3OS. The van der Waals surface area contributed by atoms with Crippen LogP contribution in [0.25, 0.3) is 0 Å². The molecule has 6 heteroatoms. The number of nitrogen functional groups attached to an aromatic ring is 1. The number of hydrogen-bond acceptors (Lipinski definition) is 5. The lowest BCUT2D eigenvalue weighted by atomic mass is 10.1. The van der Waals surface area contributed by atoms with Crippen LogP contribution in [-0.4, -0.2) is 34.2 Å². The Morgan fingerprint density at radius 2 is 2.38 bits per heavy atom. The number of rotatable bonds is 5. The van der Waals surface area contributed by atoms with Crippen LogP contribution in [0.15, 0.2) is 16.7 Å². The smallest absolute Gasteiger partial charge is 0.140 e. The van der Waals surface area contributed by atoms with Crippen LogP contribution in [0.1, 0.15) is 6.92 Å². The van der Waals surface area contributed by atoms with E-state index in [1.54, 1.807) is 30.9 Å². The highest BCUT2D eigenvalue weighted by Gasteiger charge is 2.19. The Kier molecular flexibility index (Phi) is 4.89. The Bertz CT molecular complexity index is 360. The van der Waals surface area contributed by atoms with Gasteiger partial charge in [-0.2, -0.15) is 11.8 Å². The fraction of sp³-hybridized carbons (Fsp3) is 0.500. The summed E-state index contributed by atoms with van der Waals surface area (Å²) in [5.41, 5.74) is 5.44. The molecule has 0 fully saturated rings. The molecule has 1 atom stereocenters. The molecule has 1 aromatic rings. The predicted octanol–water partition coefficient (Wildman–Crippen LogP) is 1.95. The van der Waals surface area contributed by atoms with Crippen molar-refractivity contribution in [3.05, 3.63) is 16.7 Å². The minimum Gasteiger partial charge on any atom is -0.397 e. The number of nitrogens with two attached hydrogens (primary N) is 1. The SMILES string of the molecule is CSCC(C)(O)CNc1ncc(N)cc1Br. The number of aromatic nitrogens is 1. The quantitative estimate of drug-likeness (QED) is 0.775.